The van der Waals surface area contributed by atoms with Crippen LogP contribution in [0.4, 0.5) is 0 Å². The Hall–Kier alpha value is -1.45. The van der Waals surface area contributed by atoms with Crippen LogP contribution in [-0.4, -0.2) is 11.1 Å². The molecule has 0 aliphatic carbocycles. The fourth-order valence-electron chi connectivity index (χ4n) is 1.79. The van der Waals surface area contributed by atoms with E-state index < -0.39 is 0 Å². The predicted molar refractivity (Wildman–Crippen MR) is 71.8 cm³/mol. The highest BCUT2D eigenvalue weighted by molar-refractivity contribution is 6.32. The van der Waals surface area contributed by atoms with Crippen molar-refractivity contribution >= 4 is 11.6 Å². The summed E-state index contributed by atoms with van der Waals surface area (Å²) in [5.74, 6) is 1.10. The van der Waals surface area contributed by atoms with Gasteiger partial charge in [-0.15, -0.1) is 0 Å². The first-order valence-corrected chi connectivity index (χ1v) is 6.26. The Kier molecular flexibility index (Phi) is 4.28. The van der Waals surface area contributed by atoms with Crippen LogP contribution in [0.1, 0.15) is 18.2 Å². The van der Waals surface area contributed by atoms with Crippen molar-refractivity contribution in [2.24, 2.45) is 0 Å². The maximum atomic E-state index is 9.78. The molecule has 1 aromatic heterocycles. The van der Waals surface area contributed by atoms with Gasteiger partial charge in [0, 0.05) is 24.6 Å². The van der Waals surface area contributed by atoms with Gasteiger partial charge in [-0.1, -0.05) is 23.7 Å². The van der Waals surface area contributed by atoms with Crippen LogP contribution in [0.5, 0.6) is 5.75 Å². The van der Waals surface area contributed by atoms with Crippen LogP contribution in [0.15, 0.2) is 41.0 Å². The van der Waals surface area contributed by atoms with Crippen LogP contribution in [0.25, 0.3) is 0 Å². The van der Waals surface area contributed by atoms with Crippen molar-refractivity contribution in [3.63, 3.8) is 0 Å². The molecule has 0 fully saturated rings. The molecule has 96 valence electrons. The summed E-state index contributed by atoms with van der Waals surface area (Å²) >= 11 is 5.85. The summed E-state index contributed by atoms with van der Waals surface area (Å²) in [5, 5.41) is 13.5. The molecule has 0 saturated heterocycles. The van der Waals surface area contributed by atoms with Gasteiger partial charge in [-0.2, -0.15) is 0 Å². The van der Waals surface area contributed by atoms with Crippen LogP contribution in [0.2, 0.25) is 5.02 Å². The quantitative estimate of drug-likeness (QED) is 0.871. The van der Waals surface area contributed by atoms with Crippen molar-refractivity contribution in [2.75, 3.05) is 0 Å². The van der Waals surface area contributed by atoms with Crippen LogP contribution in [-0.2, 0) is 13.0 Å². The average molecular weight is 266 g/mol. The lowest BCUT2D eigenvalue weighted by Gasteiger charge is -2.13. The summed E-state index contributed by atoms with van der Waals surface area (Å²) in [6.45, 7) is 2.65. The number of hydrogen-bond acceptors (Lipinski definition) is 3. The Bertz CT molecular complexity index is 497. The zero-order valence-electron chi connectivity index (χ0n) is 10.2. The van der Waals surface area contributed by atoms with Gasteiger partial charge in [0.1, 0.15) is 11.5 Å². The summed E-state index contributed by atoms with van der Waals surface area (Å²) < 4.78 is 5.29. The Labute approximate surface area is 111 Å². The number of furan rings is 1. The van der Waals surface area contributed by atoms with E-state index in [0.29, 0.717) is 11.6 Å². The first-order valence-electron chi connectivity index (χ1n) is 5.89. The minimum Gasteiger partial charge on any atom is -0.506 e. The van der Waals surface area contributed by atoms with Gasteiger partial charge >= 0.3 is 0 Å². The van der Waals surface area contributed by atoms with Gasteiger partial charge in [0.15, 0.2) is 0 Å². The second-order valence-electron chi connectivity index (χ2n) is 4.31. The first kappa shape index (κ1) is 13.0. The molecule has 3 nitrogen and oxygen atoms in total. The second kappa shape index (κ2) is 5.94. The number of nitrogens with one attached hydrogen (secondary N) is 1. The molecule has 1 aromatic carbocycles. The van der Waals surface area contributed by atoms with Crippen molar-refractivity contribution in [3.05, 3.63) is 52.9 Å². The van der Waals surface area contributed by atoms with E-state index in [4.69, 9.17) is 16.0 Å². The zero-order chi connectivity index (χ0) is 13.0. The molecule has 0 amide bonds. The zero-order valence-corrected chi connectivity index (χ0v) is 10.9. The molecular formula is C14H16ClNO2. The van der Waals surface area contributed by atoms with Crippen molar-refractivity contribution < 1.29 is 9.52 Å². The standard InChI is InChI=1S/C14H16ClNO2/c1-10(8-12-5-3-7-18-12)16-9-11-4-2-6-13(15)14(11)17/h2-7,10,16-17H,8-9H2,1H3. The molecule has 2 aromatic rings. The predicted octanol–water partition coefficient (Wildman–Crippen LogP) is 3.36. The maximum Gasteiger partial charge on any atom is 0.138 e. The van der Waals surface area contributed by atoms with Crippen LogP contribution in [0.3, 0.4) is 0 Å². The average Bonchev–Trinajstić information content (AvgIpc) is 2.84. The lowest BCUT2D eigenvalue weighted by Crippen LogP contribution is -2.27. The minimum absolute atomic E-state index is 0.150. The molecule has 0 bridgehead atoms. The smallest absolute Gasteiger partial charge is 0.138 e. The topological polar surface area (TPSA) is 45.4 Å². The van der Waals surface area contributed by atoms with Gasteiger partial charge in [-0.25, -0.2) is 0 Å². The molecule has 1 heterocycles. The molecule has 0 radical (unpaired) electrons. The molecule has 18 heavy (non-hydrogen) atoms. The fraction of sp³-hybridized carbons (Fsp3) is 0.286. The number of para-hydroxylation sites is 1. The SMILES string of the molecule is CC(Cc1ccco1)NCc1cccc(Cl)c1O. The number of aromatic hydroxyl groups is 1. The number of hydrogen-bond donors (Lipinski definition) is 2. The van der Waals surface area contributed by atoms with E-state index in [1.54, 1.807) is 12.3 Å². The fourth-order valence-corrected chi connectivity index (χ4v) is 1.98. The monoisotopic (exact) mass is 265 g/mol. The first-order chi connectivity index (χ1) is 8.66. The van der Waals surface area contributed by atoms with Crippen LogP contribution in [0, 0.1) is 0 Å². The number of halogens is 1. The molecule has 0 saturated carbocycles. The van der Waals surface area contributed by atoms with Gasteiger partial charge in [0.05, 0.1) is 11.3 Å². The number of benzene rings is 1. The normalized spacial score (nSPS) is 12.6. The third-order valence-electron chi connectivity index (χ3n) is 2.80. The van der Waals surface area contributed by atoms with Gasteiger partial charge in [0.2, 0.25) is 0 Å². The van der Waals surface area contributed by atoms with Gasteiger partial charge in [-0.05, 0) is 25.1 Å². The lowest BCUT2D eigenvalue weighted by atomic mass is 10.1. The van der Waals surface area contributed by atoms with E-state index in [0.717, 1.165) is 17.7 Å². The maximum absolute atomic E-state index is 9.78. The molecule has 0 aliphatic heterocycles. The van der Waals surface area contributed by atoms with Crippen LogP contribution < -0.4 is 5.32 Å². The van der Waals surface area contributed by atoms with E-state index in [2.05, 4.69) is 12.2 Å². The van der Waals surface area contributed by atoms with E-state index in [1.165, 1.54) is 0 Å². The summed E-state index contributed by atoms with van der Waals surface area (Å²) in [6.07, 6.45) is 2.49. The Morgan fingerprint density at radius 3 is 2.89 bits per heavy atom. The molecular weight excluding hydrogens is 250 g/mol. The van der Waals surface area contributed by atoms with E-state index >= 15 is 0 Å². The van der Waals surface area contributed by atoms with Gasteiger partial charge in [0.25, 0.3) is 0 Å². The largest absolute Gasteiger partial charge is 0.506 e. The molecule has 4 heteroatoms. The van der Waals surface area contributed by atoms with Crippen molar-refractivity contribution in [2.45, 2.75) is 25.9 Å². The summed E-state index contributed by atoms with van der Waals surface area (Å²) in [6, 6.07) is 9.45. The molecule has 1 atom stereocenters. The molecule has 0 aliphatic rings. The Morgan fingerprint density at radius 2 is 2.17 bits per heavy atom. The van der Waals surface area contributed by atoms with Crippen molar-refractivity contribution in [3.8, 4) is 5.75 Å². The molecule has 1 unspecified atom stereocenters. The third kappa shape index (κ3) is 3.28. The van der Waals surface area contributed by atoms with Crippen LogP contribution >= 0.6 is 11.6 Å². The lowest BCUT2D eigenvalue weighted by molar-refractivity contribution is 0.442. The third-order valence-corrected chi connectivity index (χ3v) is 3.10. The summed E-state index contributed by atoms with van der Waals surface area (Å²) in [4.78, 5) is 0. The number of phenols is 1. The highest BCUT2D eigenvalue weighted by Crippen LogP contribution is 2.26. The van der Waals surface area contributed by atoms with Crippen molar-refractivity contribution in [1.82, 2.24) is 5.32 Å². The van der Waals surface area contributed by atoms with Gasteiger partial charge < -0.3 is 14.8 Å². The second-order valence-corrected chi connectivity index (χ2v) is 4.72. The van der Waals surface area contributed by atoms with Gasteiger partial charge in [-0.3, -0.25) is 0 Å². The molecule has 2 rings (SSSR count). The highest BCUT2D eigenvalue weighted by Gasteiger charge is 2.08. The van der Waals surface area contributed by atoms with E-state index in [-0.39, 0.29) is 11.8 Å². The van der Waals surface area contributed by atoms with E-state index in [1.807, 2.05) is 24.3 Å². The summed E-state index contributed by atoms with van der Waals surface area (Å²) in [5.41, 5.74) is 0.800. The molecule has 0 spiro atoms. The number of rotatable bonds is 5. The highest BCUT2D eigenvalue weighted by atomic mass is 35.5. The summed E-state index contributed by atoms with van der Waals surface area (Å²) in [7, 11) is 0. The Balaban J connectivity index is 1.89. The van der Waals surface area contributed by atoms with Crippen molar-refractivity contribution in [1.29, 1.82) is 0 Å². The minimum atomic E-state index is 0.150. The van der Waals surface area contributed by atoms with E-state index in [9.17, 15) is 5.11 Å². The molecule has 2 N–H and O–H groups in total. The Morgan fingerprint density at radius 1 is 1.33 bits per heavy atom. The number of phenolic OH excluding ortho intramolecular Hbond substituents is 1.